The highest BCUT2D eigenvalue weighted by Crippen LogP contribution is 2.21. The van der Waals surface area contributed by atoms with Gasteiger partial charge >= 0.3 is 0 Å². The third-order valence-electron chi connectivity index (χ3n) is 4.45. The third kappa shape index (κ3) is 5.84. The zero-order valence-corrected chi connectivity index (χ0v) is 16.7. The highest BCUT2D eigenvalue weighted by molar-refractivity contribution is 5.95. The molecule has 1 saturated heterocycles. The minimum Gasteiger partial charge on any atom is -0.399 e. The van der Waals surface area contributed by atoms with E-state index in [1.165, 1.54) is 0 Å². The van der Waals surface area contributed by atoms with Crippen molar-refractivity contribution in [3.63, 3.8) is 0 Å². The summed E-state index contributed by atoms with van der Waals surface area (Å²) in [5.41, 5.74) is 7.95. The Kier molecular flexibility index (Phi) is 8.53. The lowest BCUT2D eigenvalue weighted by atomic mass is 9.95. The Labute approximate surface area is 171 Å². The van der Waals surface area contributed by atoms with Crippen molar-refractivity contribution in [2.24, 2.45) is 5.92 Å². The lowest BCUT2D eigenvalue weighted by Crippen LogP contribution is -2.41. The van der Waals surface area contributed by atoms with Gasteiger partial charge in [-0.15, -0.1) is 24.8 Å². The van der Waals surface area contributed by atoms with Crippen molar-refractivity contribution < 1.29 is 9.59 Å². The second-order valence-electron chi connectivity index (χ2n) is 6.40. The standard InChI is InChI=1S/C19H22N4O2.2ClH/c1-13-5-6-17(21-12-13)22-18(24)14-7-9-23(10-8-14)19(25)15-3-2-4-16(20)11-15;;/h2-6,11-12,14H,7-10,20H2,1H3,(H,21,22,24);2*1H. The van der Waals surface area contributed by atoms with E-state index in [4.69, 9.17) is 5.73 Å². The predicted molar refractivity (Wildman–Crippen MR) is 112 cm³/mol. The minimum absolute atomic E-state index is 0. The molecular formula is C19H24Cl2N4O2. The van der Waals surface area contributed by atoms with E-state index in [1.807, 2.05) is 13.0 Å². The largest absolute Gasteiger partial charge is 0.399 e. The number of likely N-dealkylation sites (tertiary alicyclic amines) is 1. The van der Waals surface area contributed by atoms with Crippen LogP contribution in [0.15, 0.2) is 42.6 Å². The van der Waals surface area contributed by atoms with Crippen LogP contribution in [0.1, 0.15) is 28.8 Å². The normalized spacial score (nSPS) is 13.9. The third-order valence-corrected chi connectivity index (χ3v) is 4.45. The van der Waals surface area contributed by atoms with Gasteiger partial charge in [0.1, 0.15) is 5.82 Å². The molecule has 1 aromatic carbocycles. The number of halogens is 2. The lowest BCUT2D eigenvalue weighted by Gasteiger charge is -2.31. The molecule has 3 N–H and O–H groups in total. The predicted octanol–water partition coefficient (Wildman–Crippen LogP) is 3.31. The van der Waals surface area contributed by atoms with Crippen molar-refractivity contribution in [3.8, 4) is 0 Å². The van der Waals surface area contributed by atoms with Gasteiger partial charge < -0.3 is 16.0 Å². The zero-order valence-electron chi connectivity index (χ0n) is 15.1. The topological polar surface area (TPSA) is 88.3 Å². The summed E-state index contributed by atoms with van der Waals surface area (Å²) in [6.45, 7) is 3.08. The van der Waals surface area contributed by atoms with Gasteiger partial charge in [-0.3, -0.25) is 9.59 Å². The summed E-state index contributed by atoms with van der Waals surface area (Å²) in [6, 6.07) is 10.7. The van der Waals surface area contributed by atoms with Crippen LogP contribution in [0.5, 0.6) is 0 Å². The second kappa shape index (κ2) is 10.1. The summed E-state index contributed by atoms with van der Waals surface area (Å²) in [6.07, 6.45) is 3.01. The number of nitrogens with two attached hydrogens (primary N) is 1. The summed E-state index contributed by atoms with van der Waals surface area (Å²) in [5, 5.41) is 2.85. The summed E-state index contributed by atoms with van der Waals surface area (Å²) in [4.78, 5) is 30.9. The van der Waals surface area contributed by atoms with Gasteiger partial charge in [-0.05, 0) is 49.6 Å². The average molecular weight is 411 g/mol. The summed E-state index contributed by atoms with van der Waals surface area (Å²) < 4.78 is 0. The first-order valence-electron chi connectivity index (χ1n) is 8.41. The molecule has 1 aliphatic rings. The molecule has 1 aliphatic heterocycles. The van der Waals surface area contributed by atoms with E-state index in [2.05, 4.69) is 10.3 Å². The maximum Gasteiger partial charge on any atom is 0.253 e. The number of aromatic nitrogens is 1. The molecule has 2 amide bonds. The number of aryl methyl sites for hydroxylation is 1. The number of hydrogen-bond acceptors (Lipinski definition) is 4. The van der Waals surface area contributed by atoms with Crippen molar-refractivity contribution in [1.29, 1.82) is 0 Å². The molecule has 0 radical (unpaired) electrons. The van der Waals surface area contributed by atoms with Crippen molar-refractivity contribution in [3.05, 3.63) is 53.7 Å². The van der Waals surface area contributed by atoms with E-state index in [-0.39, 0.29) is 42.5 Å². The van der Waals surface area contributed by atoms with Crippen molar-refractivity contribution in [1.82, 2.24) is 9.88 Å². The van der Waals surface area contributed by atoms with Crippen LogP contribution in [-0.2, 0) is 4.79 Å². The number of carbonyl (C=O) groups is 2. The second-order valence-corrected chi connectivity index (χ2v) is 6.40. The van der Waals surface area contributed by atoms with Gasteiger partial charge in [0.2, 0.25) is 5.91 Å². The molecule has 0 atom stereocenters. The van der Waals surface area contributed by atoms with Gasteiger partial charge in [0, 0.05) is 36.5 Å². The van der Waals surface area contributed by atoms with Crippen LogP contribution in [0.4, 0.5) is 11.5 Å². The van der Waals surface area contributed by atoms with Crippen molar-refractivity contribution in [2.75, 3.05) is 24.1 Å². The van der Waals surface area contributed by atoms with Gasteiger partial charge in [0.25, 0.3) is 5.91 Å². The molecule has 0 aliphatic carbocycles. The van der Waals surface area contributed by atoms with E-state index in [9.17, 15) is 9.59 Å². The average Bonchev–Trinajstić information content (AvgIpc) is 2.63. The first-order valence-corrected chi connectivity index (χ1v) is 8.41. The smallest absolute Gasteiger partial charge is 0.253 e. The fourth-order valence-electron chi connectivity index (χ4n) is 2.97. The number of nitrogens with zero attached hydrogens (tertiary/aromatic N) is 2. The molecule has 27 heavy (non-hydrogen) atoms. The first kappa shape index (κ1) is 22.7. The quantitative estimate of drug-likeness (QED) is 0.759. The van der Waals surface area contributed by atoms with Gasteiger partial charge in [-0.2, -0.15) is 0 Å². The Balaban J connectivity index is 0.00000182. The number of hydrogen-bond donors (Lipinski definition) is 2. The highest BCUT2D eigenvalue weighted by atomic mass is 35.5. The monoisotopic (exact) mass is 410 g/mol. The van der Waals surface area contributed by atoms with Gasteiger partial charge in [0.05, 0.1) is 0 Å². The van der Waals surface area contributed by atoms with Gasteiger partial charge in [-0.1, -0.05) is 12.1 Å². The Morgan fingerprint density at radius 1 is 1.15 bits per heavy atom. The Bertz CT molecular complexity index is 776. The molecule has 0 spiro atoms. The number of benzene rings is 1. The SMILES string of the molecule is Cc1ccc(NC(=O)C2CCN(C(=O)c3cccc(N)c3)CC2)nc1.Cl.Cl. The summed E-state index contributed by atoms with van der Waals surface area (Å²) >= 11 is 0. The van der Waals surface area contributed by atoms with Crippen LogP contribution in [0, 0.1) is 12.8 Å². The van der Waals surface area contributed by atoms with Crippen molar-refractivity contribution >= 4 is 48.1 Å². The van der Waals surface area contributed by atoms with E-state index >= 15 is 0 Å². The molecule has 8 heteroatoms. The van der Waals surface area contributed by atoms with E-state index in [0.717, 1.165) is 5.56 Å². The van der Waals surface area contributed by atoms with Crippen LogP contribution in [-0.4, -0.2) is 34.8 Å². The zero-order chi connectivity index (χ0) is 17.8. The maximum absolute atomic E-state index is 12.5. The molecule has 3 rings (SSSR count). The van der Waals surface area contributed by atoms with Gasteiger partial charge in [0.15, 0.2) is 0 Å². The molecule has 1 fully saturated rings. The van der Waals surface area contributed by atoms with Crippen LogP contribution in [0.25, 0.3) is 0 Å². The lowest BCUT2D eigenvalue weighted by molar-refractivity contribution is -0.121. The van der Waals surface area contributed by atoms with Crippen LogP contribution in [0.3, 0.4) is 0 Å². The highest BCUT2D eigenvalue weighted by Gasteiger charge is 2.28. The first-order chi connectivity index (χ1) is 12.0. The molecular weight excluding hydrogens is 387 g/mol. The van der Waals surface area contributed by atoms with Crippen LogP contribution >= 0.6 is 24.8 Å². The number of amides is 2. The molecule has 0 bridgehead atoms. The Morgan fingerprint density at radius 2 is 1.85 bits per heavy atom. The molecule has 6 nitrogen and oxygen atoms in total. The number of anilines is 2. The molecule has 0 saturated carbocycles. The fourth-order valence-corrected chi connectivity index (χ4v) is 2.97. The number of carbonyl (C=O) groups excluding carboxylic acids is 2. The number of pyridine rings is 1. The summed E-state index contributed by atoms with van der Waals surface area (Å²) in [5.74, 6) is 0.389. The Morgan fingerprint density at radius 3 is 2.44 bits per heavy atom. The molecule has 146 valence electrons. The van der Waals surface area contributed by atoms with E-state index < -0.39 is 0 Å². The van der Waals surface area contributed by atoms with Gasteiger partial charge in [-0.25, -0.2) is 4.98 Å². The number of nitrogens with one attached hydrogen (secondary N) is 1. The Hall–Kier alpha value is -2.31. The number of nitrogen functional groups attached to an aromatic ring is 1. The number of piperidine rings is 1. The summed E-state index contributed by atoms with van der Waals surface area (Å²) in [7, 11) is 0. The van der Waals surface area contributed by atoms with Crippen LogP contribution < -0.4 is 11.1 Å². The maximum atomic E-state index is 12.5. The minimum atomic E-state index is -0.104. The fraction of sp³-hybridized carbons (Fsp3) is 0.316. The number of rotatable bonds is 3. The molecule has 1 aromatic heterocycles. The van der Waals surface area contributed by atoms with Crippen LogP contribution in [0.2, 0.25) is 0 Å². The van der Waals surface area contributed by atoms with E-state index in [0.29, 0.717) is 43.0 Å². The molecule has 2 heterocycles. The van der Waals surface area contributed by atoms with E-state index in [1.54, 1.807) is 41.4 Å². The molecule has 0 unspecified atom stereocenters. The van der Waals surface area contributed by atoms with Crippen molar-refractivity contribution in [2.45, 2.75) is 19.8 Å². The molecule has 2 aromatic rings.